The molecule has 41 heavy (non-hydrogen) atoms. The average molecular weight is 576 g/mol. The Morgan fingerprint density at radius 1 is 0.732 bits per heavy atom. The normalized spacial score (nSPS) is 9.95. The second kappa shape index (κ2) is 14.3. The van der Waals surface area contributed by atoms with Gasteiger partial charge in [-0.1, -0.05) is 0 Å². The standard InChI is InChI=1S/C11H10N4O5.C6H4FNO2.C5H7N3O3/c1-13-10(12-6-11(13)15(18)19)7-20-9-4-2-8(3-5-9)14(16)17;7-5-1-3-6(4-2-5)8(9)10;1-7-4(3-9)6-2-5(7)8(10)11/h2-6H,7H2,1H3;1-4H;2,9H,3H2,1H3. The number of hydrogen-bond acceptors (Lipinski definition) is 12. The predicted octanol–water partition coefficient (Wildman–Crippen LogP) is 3.37. The summed E-state index contributed by atoms with van der Waals surface area (Å²) >= 11 is 0. The van der Waals surface area contributed by atoms with Gasteiger partial charge in [-0.3, -0.25) is 20.2 Å². The lowest BCUT2D eigenvalue weighted by molar-refractivity contribution is -0.392. The van der Waals surface area contributed by atoms with E-state index in [-0.39, 0.29) is 42.0 Å². The third-order valence-electron chi connectivity index (χ3n) is 5.09. The zero-order valence-electron chi connectivity index (χ0n) is 21.3. The van der Waals surface area contributed by atoms with Crippen molar-refractivity contribution in [1.29, 1.82) is 0 Å². The minimum Gasteiger partial charge on any atom is -0.483 e. The van der Waals surface area contributed by atoms with Gasteiger partial charge in [0.05, 0.1) is 23.9 Å². The fourth-order valence-electron chi connectivity index (χ4n) is 2.87. The molecule has 2 aromatic heterocycles. The van der Waals surface area contributed by atoms with E-state index in [1.54, 1.807) is 0 Å². The lowest BCUT2D eigenvalue weighted by Gasteiger charge is -2.03. The number of nitro groups is 4. The molecule has 0 amide bonds. The Balaban J connectivity index is 0.000000236. The van der Waals surface area contributed by atoms with Crippen LogP contribution in [0.15, 0.2) is 60.9 Å². The summed E-state index contributed by atoms with van der Waals surface area (Å²) in [4.78, 5) is 46.7. The summed E-state index contributed by atoms with van der Waals surface area (Å²) in [5.74, 6) is 0.375. The zero-order chi connectivity index (χ0) is 30.7. The Labute approximate surface area is 228 Å². The highest BCUT2D eigenvalue weighted by Crippen LogP contribution is 2.19. The summed E-state index contributed by atoms with van der Waals surface area (Å²) < 4.78 is 20.0. The van der Waals surface area contributed by atoms with Gasteiger partial charge in [-0.15, -0.1) is 0 Å². The molecule has 2 aromatic carbocycles. The highest BCUT2D eigenvalue weighted by atomic mass is 19.1. The van der Waals surface area contributed by atoms with Crippen molar-refractivity contribution >= 4 is 23.0 Å². The summed E-state index contributed by atoms with van der Waals surface area (Å²) in [5, 5.41) is 50.0. The quantitative estimate of drug-likeness (QED) is 0.235. The van der Waals surface area contributed by atoms with E-state index in [1.807, 2.05) is 0 Å². The SMILES string of the molecule is Cn1c([N+](=O)[O-])cnc1CO.Cn1c([N+](=O)[O-])cnc1COc1ccc([N+](=O)[O-])cc1.O=[N+]([O-])c1ccc(F)cc1. The molecule has 0 aliphatic carbocycles. The first-order valence-corrected chi connectivity index (χ1v) is 11.0. The molecule has 0 radical (unpaired) electrons. The Bertz CT molecular complexity index is 1520. The molecule has 0 atom stereocenters. The van der Waals surface area contributed by atoms with Crippen molar-refractivity contribution in [3.8, 4) is 5.75 Å². The third kappa shape index (κ3) is 8.85. The van der Waals surface area contributed by atoms with Crippen molar-refractivity contribution in [2.75, 3.05) is 0 Å². The maximum Gasteiger partial charge on any atom is 0.342 e. The number of hydrogen-bond donors (Lipinski definition) is 1. The van der Waals surface area contributed by atoms with Gasteiger partial charge in [0.2, 0.25) is 11.6 Å². The molecule has 2 heterocycles. The van der Waals surface area contributed by atoms with Crippen molar-refractivity contribution in [2.24, 2.45) is 14.1 Å². The van der Waals surface area contributed by atoms with E-state index in [0.717, 1.165) is 36.7 Å². The van der Waals surface area contributed by atoms with Gasteiger partial charge >= 0.3 is 11.6 Å². The van der Waals surface area contributed by atoms with Crippen molar-refractivity contribution in [2.45, 2.75) is 13.2 Å². The first-order valence-electron chi connectivity index (χ1n) is 11.0. The van der Waals surface area contributed by atoms with Gasteiger partial charge in [0.15, 0.2) is 6.61 Å². The van der Waals surface area contributed by atoms with Gasteiger partial charge in [0, 0.05) is 24.3 Å². The van der Waals surface area contributed by atoms with Gasteiger partial charge < -0.3 is 30.1 Å². The maximum atomic E-state index is 12.1. The first kappa shape index (κ1) is 31.4. The molecule has 0 unspecified atom stereocenters. The van der Waals surface area contributed by atoms with E-state index in [0.29, 0.717) is 11.6 Å². The van der Waals surface area contributed by atoms with Crippen molar-refractivity contribution in [3.63, 3.8) is 0 Å². The summed E-state index contributed by atoms with van der Waals surface area (Å²) in [6, 6.07) is 9.89. The zero-order valence-corrected chi connectivity index (χ0v) is 21.3. The van der Waals surface area contributed by atoms with Gasteiger partial charge in [-0.05, 0) is 34.1 Å². The second-order valence-electron chi connectivity index (χ2n) is 7.63. The number of aromatic nitrogens is 4. The van der Waals surface area contributed by atoms with E-state index < -0.39 is 25.5 Å². The summed E-state index contributed by atoms with van der Waals surface area (Å²) in [7, 11) is 3.00. The van der Waals surface area contributed by atoms with Crippen LogP contribution in [0.5, 0.6) is 5.75 Å². The molecule has 216 valence electrons. The fraction of sp³-hybridized carbons (Fsp3) is 0.182. The van der Waals surface area contributed by atoms with Crippen LogP contribution in [0.3, 0.4) is 0 Å². The molecular formula is C22H21FN8O10. The number of rotatable bonds is 8. The van der Waals surface area contributed by atoms with E-state index in [1.165, 1.54) is 47.5 Å². The predicted molar refractivity (Wildman–Crippen MR) is 136 cm³/mol. The number of aliphatic hydroxyl groups is 1. The monoisotopic (exact) mass is 576 g/mol. The number of nitrogens with zero attached hydrogens (tertiary/aromatic N) is 8. The highest BCUT2D eigenvalue weighted by Gasteiger charge is 2.17. The van der Waals surface area contributed by atoms with Gasteiger partial charge in [0.25, 0.3) is 11.4 Å². The molecule has 1 N–H and O–H groups in total. The Kier molecular flexibility index (Phi) is 11.0. The Hall–Kier alpha value is -5.85. The van der Waals surface area contributed by atoms with E-state index in [2.05, 4.69) is 9.97 Å². The Morgan fingerprint density at radius 3 is 1.51 bits per heavy atom. The average Bonchev–Trinajstić information content (AvgIpc) is 3.50. The topological polar surface area (TPSA) is 238 Å². The number of non-ortho nitro benzene ring substituents is 2. The molecule has 0 saturated carbocycles. The third-order valence-corrected chi connectivity index (χ3v) is 5.09. The fourth-order valence-corrected chi connectivity index (χ4v) is 2.87. The second-order valence-corrected chi connectivity index (χ2v) is 7.63. The van der Waals surface area contributed by atoms with Crippen LogP contribution in [0.25, 0.3) is 0 Å². The van der Waals surface area contributed by atoms with Crippen LogP contribution in [0.2, 0.25) is 0 Å². The van der Waals surface area contributed by atoms with E-state index in [9.17, 15) is 44.8 Å². The van der Waals surface area contributed by atoms with Crippen LogP contribution < -0.4 is 4.74 Å². The largest absolute Gasteiger partial charge is 0.483 e. The Morgan fingerprint density at radius 2 is 1.15 bits per heavy atom. The molecule has 4 rings (SSSR count). The molecule has 18 nitrogen and oxygen atoms in total. The number of halogens is 1. The number of nitro benzene ring substituents is 2. The van der Waals surface area contributed by atoms with Crippen molar-refractivity contribution in [3.05, 3.63) is 119 Å². The number of ether oxygens (including phenoxy) is 1. The van der Waals surface area contributed by atoms with Crippen LogP contribution in [-0.2, 0) is 27.3 Å². The molecule has 19 heteroatoms. The molecule has 0 aliphatic rings. The van der Waals surface area contributed by atoms with Crippen LogP contribution in [0, 0.1) is 46.3 Å². The van der Waals surface area contributed by atoms with Gasteiger partial charge in [-0.2, -0.15) is 0 Å². The maximum absolute atomic E-state index is 12.1. The molecular weight excluding hydrogens is 555 g/mol. The molecule has 0 spiro atoms. The van der Waals surface area contributed by atoms with Crippen LogP contribution in [0.4, 0.5) is 27.4 Å². The molecule has 4 aromatic rings. The molecule has 0 aliphatic heterocycles. The lowest BCUT2D eigenvalue weighted by Crippen LogP contribution is -2.05. The van der Waals surface area contributed by atoms with Crippen molar-refractivity contribution in [1.82, 2.24) is 19.1 Å². The van der Waals surface area contributed by atoms with Gasteiger partial charge in [-0.25, -0.2) is 23.5 Å². The molecule has 0 fully saturated rings. The first-order chi connectivity index (χ1) is 19.3. The number of imidazole rings is 2. The number of benzene rings is 2. The van der Waals surface area contributed by atoms with Crippen LogP contribution >= 0.6 is 0 Å². The molecule has 0 saturated heterocycles. The lowest BCUT2D eigenvalue weighted by atomic mass is 10.3. The van der Waals surface area contributed by atoms with E-state index in [4.69, 9.17) is 9.84 Å². The van der Waals surface area contributed by atoms with Crippen LogP contribution in [-0.4, -0.2) is 43.9 Å². The molecule has 0 bridgehead atoms. The summed E-state index contributed by atoms with van der Waals surface area (Å²) in [6.07, 6.45) is 2.26. The van der Waals surface area contributed by atoms with E-state index >= 15 is 0 Å². The minimum absolute atomic E-state index is 0.0299. The van der Waals surface area contributed by atoms with Gasteiger partial charge in [0.1, 0.15) is 30.6 Å². The minimum atomic E-state index is -0.570. The van der Waals surface area contributed by atoms with Crippen molar-refractivity contribution < 1.29 is 33.9 Å². The van der Waals surface area contributed by atoms with Crippen LogP contribution in [0.1, 0.15) is 11.6 Å². The highest BCUT2D eigenvalue weighted by molar-refractivity contribution is 5.36. The summed E-state index contributed by atoms with van der Waals surface area (Å²) in [5.41, 5.74) is -0.133. The smallest absolute Gasteiger partial charge is 0.342 e. The number of aliphatic hydroxyl groups excluding tert-OH is 1. The summed E-state index contributed by atoms with van der Waals surface area (Å²) in [6.45, 7) is -0.257.